The van der Waals surface area contributed by atoms with Gasteiger partial charge in [0, 0.05) is 41.6 Å². The molecule has 1 heterocycles. The normalized spacial score (nSPS) is 14.4. The van der Waals surface area contributed by atoms with Gasteiger partial charge in [-0.25, -0.2) is 0 Å². The lowest BCUT2D eigenvalue weighted by Crippen LogP contribution is -2.44. The van der Waals surface area contributed by atoms with Crippen LogP contribution in [0.25, 0.3) is 0 Å². The molecule has 5 nitrogen and oxygen atoms in total. The molecule has 206 valence electrons. The van der Waals surface area contributed by atoms with Gasteiger partial charge in [0.2, 0.25) is 0 Å². The minimum atomic E-state index is -4.50. The number of piperidine rings is 1. The van der Waals surface area contributed by atoms with E-state index in [9.17, 15) is 22.0 Å². The minimum Gasteiger partial charge on any atom is -0.398 e. The lowest BCUT2D eigenvalue weighted by atomic mass is 9.98. The van der Waals surface area contributed by atoms with Crippen molar-refractivity contribution in [2.24, 2.45) is 0 Å². The molecule has 3 aromatic carbocycles. The molecule has 0 atom stereocenters. The van der Waals surface area contributed by atoms with E-state index in [4.69, 9.17) is 11.1 Å². The van der Waals surface area contributed by atoms with Gasteiger partial charge in [-0.2, -0.15) is 22.0 Å². The molecular formula is C29H30F5N5. The zero-order valence-corrected chi connectivity index (χ0v) is 21.4. The monoisotopic (exact) mass is 543 g/mol. The number of rotatable bonds is 8. The first-order chi connectivity index (χ1) is 18.5. The third-order valence-corrected chi connectivity index (χ3v) is 6.88. The van der Waals surface area contributed by atoms with Gasteiger partial charge in [0.1, 0.15) is 5.82 Å². The minimum absolute atomic E-state index is 0.0562. The third kappa shape index (κ3) is 6.32. The summed E-state index contributed by atoms with van der Waals surface area (Å²) in [6.07, 6.45) is -3.16. The lowest BCUT2D eigenvalue weighted by Gasteiger charge is -2.39. The Kier molecular flexibility index (Phi) is 8.13. The Morgan fingerprint density at radius 1 is 1.05 bits per heavy atom. The first-order valence-electron chi connectivity index (χ1n) is 12.4. The van der Waals surface area contributed by atoms with E-state index in [1.807, 2.05) is 4.90 Å². The maximum absolute atomic E-state index is 14.0. The summed E-state index contributed by atoms with van der Waals surface area (Å²) in [5.41, 5.74) is 7.82. The molecule has 3 aromatic rings. The number of likely N-dealkylation sites (tertiary alicyclic amines) is 1. The number of anilines is 3. The molecule has 0 aliphatic carbocycles. The van der Waals surface area contributed by atoms with Gasteiger partial charge >= 0.3 is 12.7 Å². The van der Waals surface area contributed by atoms with Crippen molar-refractivity contribution < 1.29 is 22.0 Å². The van der Waals surface area contributed by atoms with E-state index in [0.717, 1.165) is 22.6 Å². The summed E-state index contributed by atoms with van der Waals surface area (Å²) in [5.74, 6) is 0.249. The van der Waals surface area contributed by atoms with Crippen LogP contribution in [-0.2, 0) is 6.18 Å². The summed E-state index contributed by atoms with van der Waals surface area (Å²) in [4.78, 5) is 2.81. The molecule has 1 aliphatic heterocycles. The number of nitrogens with one attached hydrogen (secondary N) is 2. The zero-order valence-electron chi connectivity index (χ0n) is 21.4. The second-order valence-corrected chi connectivity index (χ2v) is 9.51. The van der Waals surface area contributed by atoms with Crippen molar-refractivity contribution in [3.05, 3.63) is 101 Å². The van der Waals surface area contributed by atoms with Gasteiger partial charge in [-0.05, 0) is 61.7 Å². The maximum atomic E-state index is 14.0. The van der Waals surface area contributed by atoms with E-state index < -0.39 is 18.3 Å². The molecule has 0 spiro atoms. The van der Waals surface area contributed by atoms with Crippen molar-refractivity contribution >= 4 is 22.8 Å². The standard InChI is InChI=1S/C29H30F5N5/c1-18-6-3-4-9-26(18)39(28(30)31)19(2)38-14-12-22(13-15-38)37-23-10-11-24(25(35)17-23)27(36)20-7-5-8-21(16-20)29(32,33)34/h3-11,16-17,22,28,36-37H,2,12-15,35H2,1H3. The number of nitrogens with zero attached hydrogens (tertiary/aromatic N) is 2. The highest BCUT2D eigenvalue weighted by Crippen LogP contribution is 2.32. The van der Waals surface area contributed by atoms with Crippen LogP contribution in [0.3, 0.4) is 0 Å². The molecule has 0 amide bonds. The third-order valence-electron chi connectivity index (χ3n) is 6.88. The van der Waals surface area contributed by atoms with Crippen LogP contribution in [0.2, 0.25) is 0 Å². The highest BCUT2D eigenvalue weighted by atomic mass is 19.4. The molecule has 0 bridgehead atoms. The van der Waals surface area contributed by atoms with E-state index >= 15 is 0 Å². The Labute approximate surface area is 224 Å². The predicted molar refractivity (Wildman–Crippen MR) is 145 cm³/mol. The Bertz CT molecular complexity index is 1350. The first-order valence-corrected chi connectivity index (χ1v) is 12.4. The number of hydrogen-bond acceptors (Lipinski definition) is 5. The van der Waals surface area contributed by atoms with Crippen molar-refractivity contribution in [3.63, 3.8) is 0 Å². The van der Waals surface area contributed by atoms with Crippen molar-refractivity contribution in [1.29, 1.82) is 5.41 Å². The molecule has 0 unspecified atom stereocenters. The molecule has 0 radical (unpaired) electrons. The summed E-state index contributed by atoms with van der Waals surface area (Å²) >= 11 is 0. The number of nitrogen functional groups attached to an aromatic ring is 1. The quantitative estimate of drug-likeness (QED) is 0.123. The average molecular weight is 544 g/mol. The molecular weight excluding hydrogens is 513 g/mol. The number of benzene rings is 3. The summed E-state index contributed by atoms with van der Waals surface area (Å²) in [6.45, 7) is 4.07. The Balaban J connectivity index is 1.39. The van der Waals surface area contributed by atoms with Gasteiger partial charge in [-0.1, -0.05) is 36.9 Å². The van der Waals surface area contributed by atoms with Gasteiger partial charge in [-0.3, -0.25) is 10.3 Å². The second kappa shape index (κ2) is 11.3. The largest absolute Gasteiger partial charge is 0.416 e. The molecule has 4 N–H and O–H groups in total. The van der Waals surface area contributed by atoms with Crippen molar-refractivity contribution in [3.8, 4) is 0 Å². The number of hydrogen-bond donors (Lipinski definition) is 3. The van der Waals surface area contributed by atoms with E-state index in [1.165, 1.54) is 12.1 Å². The van der Waals surface area contributed by atoms with Crippen LogP contribution in [0, 0.1) is 12.3 Å². The Hall–Kier alpha value is -4.08. The van der Waals surface area contributed by atoms with E-state index in [-0.39, 0.29) is 28.8 Å². The van der Waals surface area contributed by atoms with Crippen LogP contribution in [0.15, 0.2) is 79.1 Å². The topological polar surface area (TPSA) is 68.4 Å². The molecule has 4 rings (SSSR count). The molecule has 0 aromatic heterocycles. The number of para-hydroxylation sites is 1. The van der Waals surface area contributed by atoms with Gasteiger partial charge < -0.3 is 16.0 Å². The molecule has 10 heteroatoms. The Morgan fingerprint density at radius 2 is 1.74 bits per heavy atom. The van der Waals surface area contributed by atoms with Gasteiger partial charge in [-0.15, -0.1) is 0 Å². The van der Waals surface area contributed by atoms with Gasteiger partial charge in [0.25, 0.3) is 0 Å². The van der Waals surface area contributed by atoms with Crippen molar-refractivity contribution in [2.75, 3.05) is 29.0 Å². The summed E-state index contributed by atoms with van der Waals surface area (Å²) in [7, 11) is 0. The van der Waals surface area contributed by atoms with Crippen LogP contribution in [0.4, 0.5) is 39.0 Å². The van der Waals surface area contributed by atoms with Gasteiger partial charge in [0.05, 0.1) is 17.0 Å². The fourth-order valence-electron chi connectivity index (χ4n) is 4.75. The Morgan fingerprint density at radius 3 is 2.36 bits per heavy atom. The maximum Gasteiger partial charge on any atom is 0.416 e. The summed E-state index contributed by atoms with van der Waals surface area (Å²) in [5, 5.41) is 11.8. The van der Waals surface area contributed by atoms with E-state index in [0.29, 0.717) is 42.9 Å². The van der Waals surface area contributed by atoms with Gasteiger partial charge in [0.15, 0.2) is 0 Å². The van der Waals surface area contributed by atoms with E-state index in [2.05, 4.69) is 11.9 Å². The van der Waals surface area contributed by atoms with Crippen LogP contribution >= 0.6 is 0 Å². The van der Waals surface area contributed by atoms with E-state index in [1.54, 1.807) is 49.4 Å². The van der Waals surface area contributed by atoms with Crippen molar-refractivity contribution in [2.45, 2.75) is 38.5 Å². The van der Waals surface area contributed by atoms with Crippen LogP contribution in [0.5, 0.6) is 0 Å². The molecule has 0 saturated carbocycles. The molecule has 39 heavy (non-hydrogen) atoms. The zero-order chi connectivity index (χ0) is 28.3. The summed E-state index contributed by atoms with van der Waals surface area (Å²) in [6, 6.07) is 16.6. The SMILES string of the molecule is C=C(N1CCC(Nc2ccc(C(=N)c3cccc(C(F)(F)F)c3)c(N)c2)CC1)N(c1ccccc1C)C(F)F. The van der Waals surface area contributed by atoms with Crippen molar-refractivity contribution in [1.82, 2.24) is 4.90 Å². The lowest BCUT2D eigenvalue weighted by molar-refractivity contribution is -0.137. The number of nitrogens with two attached hydrogens (primary N) is 1. The van der Waals surface area contributed by atoms with Crippen LogP contribution in [-0.4, -0.2) is 36.3 Å². The highest BCUT2D eigenvalue weighted by Gasteiger charge is 2.31. The predicted octanol–water partition coefficient (Wildman–Crippen LogP) is 7.09. The summed E-state index contributed by atoms with van der Waals surface area (Å²) < 4.78 is 67.2. The smallest absolute Gasteiger partial charge is 0.398 e. The molecule has 1 aliphatic rings. The number of alkyl halides is 5. The van der Waals surface area contributed by atoms with Crippen LogP contribution < -0.4 is 16.0 Å². The van der Waals surface area contributed by atoms with Crippen LogP contribution in [0.1, 0.15) is 35.1 Å². The fraction of sp³-hybridized carbons (Fsp3) is 0.276. The first kappa shape index (κ1) is 27.9. The molecule has 1 saturated heterocycles. The number of halogens is 5. The second-order valence-electron chi connectivity index (χ2n) is 9.51. The fourth-order valence-corrected chi connectivity index (χ4v) is 4.75. The highest BCUT2D eigenvalue weighted by molar-refractivity contribution is 6.14. The average Bonchev–Trinajstić information content (AvgIpc) is 2.89. The molecule has 1 fully saturated rings. The number of aryl methyl sites for hydroxylation is 1.